The Morgan fingerprint density at radius 2 is 1.58 bits per heavy atom. The molecule has 2 aromatic carbocycles. The smallest absolute Gasteiger partial charge is 0.277 e. The number of methoxy groups -OCH3 is 2. The van der Waals surface area contributed by atoms with Crippen molar-refractivity contribution in [2.45, 2.75) is 0 Å². The van der Waals surface area contributed by atoms with Crippen LogP contribution in [0.5, 0.6) is 11.5 Å². The van der Waals surface area contributed by atoms with E-state index in [-0.39, 0.29) is 11.3 Å². The quantitative estimate of drug-likeness (QED) is 0.716. The SMILES string of the molecule is COc1cc2c(-c3ccccc3Cl)nc3c(c2cc1OC)C(=O)NC3=O. The van der Waals surface area contributed by atoms with E-state index in [1.807, 2.05) is 12.1 Å². The van der Waals surface area contributed by atoms with Crippen molar-refractivity contribution in [3.8, 4) is 22.8 Å². The van der Waals surface area contributed by atoms with Crippen molar-refractivity contribution in [1.82, 2.24) is 10.3 Å². The van der Waals surface area contributed by atoms with Crippen molar-refractivity contribution in [3.05, 3.63) is 52.7 Å². The summed E-state index contributed by atoms with van der Waals surface area (Å²) < 4.78 is 10.7. The number of imide groups is 1. The molecule has 0 aliphatic carbocycles. The predicted molar refractivity (Wildman–Crippen MR) is 97.1 cm³/mol. The van der Waals surface area contributed by atoms with Crippen LogP contribution in [-0.4, -0.2) is 31.0 Å². The number of rotatable bonds is 3. The Bertz CT molecular complexity index is 1090. The lowest BCUT2D eigenvalue weighted by molar-refractivity contribution is 0.0878. The third-order valence-electron chi connectivity index (χ3n) is 4.31. The molecule has 0 saturated carbocycles. The van der Waals surface area contributed by atoms with Crippen molar-refractivity contribution < 1.29 is 19.1 Å². The number of aromatic nitrogens is 1. The number of pyridine rings is 1. The highest BCUT2D eigenvalue weighted by Gasteiger charge is 2.33. The topological polar surface area (TPSA) is 77.5 Å². The molecule has 7 heteroatoms. The van der Waals surface area contributed by atoms with Gasteiger partial charge in [0.2, 0.25) is 0 Å². The minimum Gasteiger partial charge on any atom is -0.493 e. The average Bonchev–Trinajstić information content (AvgIpc) is 2.94. The Morgan fingerprint density at radius 1 is 0.923 bits per heavy atom. The first kappa shape index (κ1) is 16.4. The second kappa shape index (κ2) is 6.00. The fourth-order valence-corrected chi connectivity index (χ4v) is 3.34. The van der Waals surface area contributed by atoms with Gasteiger partial charge in [-0.15, -0.1) is 0 Å². The van der Waals surface area contributed by atoms with Gasteiger partial charge in [0.15, 0.2) is 11.5 Å². The van der Waals surface area contributed by atoms with Gasteiger partial charge < -0.3 is 9.47 Å². The maximum absolute atomic E-state index is 12.3. The lowest BCUT2D eigenvalue weighted by atomic mass is 9.98. The summed E-state index contributed by atoms with van der Waals surface area (Å²) in [7, 11) is 3.03. The van der Waals surface area contributed by atoms with Gasteiger partial charge in [-0.1, -0.05) is 29.8 Å². The fraction of sp³-hybridized carbons (Fsp3) is 0.105. The Morgan fingerprint density at radius 3 is 2.23 bits per heavy atom. The van der Waals surface area contributed by atoms with Gasteiger partial charge in [0.1, 0.15) is 5.69 Å². The summed E-state index contributed by atoms with van der Waals surface area (Å²) >= 11 is 6.34. The summed E-state index contributed by atoms with van der Waals surface area (Å²) in [5, 5.41) is 3.96. The standard InChI is InChI=1S/C19H13ClN2O4/c1-25-13-7-10-11(8-14(13)26-2)16(9-5-3-4-6-12(9)20)21-17-15(10)18(23)22-19(17)24/h3-8H,1-2H3,(H,22,23,24). The largest absolute Gasteiger partial charge is 0.493 e. The fourth-order valence-electron chi connectivity index (χ4n) is 3.11. The molecule has 0 unspecified atom stereocenters. The third kappa shape index (κ3) is 2.30. The van der Waals surface area contributed by atoms with Crippen LogP contribution in [0.2, 0.25) is 5.02 Å². The Balaban J connectivity index is 2.18. The van der Waals surface area contributed by atoms with Crippen LogP contribution in [0.15, 0.2) is 36.4 Å². The summed E-state index contributed by atoms with van der Waals surface area (Å²) in [6, 6.07) is 10.6. The number of hydrogen-bond acceptors (Lipinski definition) is 5. The van der Waals surface area contributed by atoms with Crippen LogP contribution in [0.4, 0.5) is 0 Å². The zero-order valence-corrected chi connectivity index (χ0v) is 14.7. The number of fused-ring (bicyclic) bond motifs is 3. The van der Waals surface area contributed by atoms with Crippen molar-refractivity contribution >= 4 is 34.2 Å². The van der Waals surface area contributed by atoms with E-state index in [1.165, 1.54) is 14.2 Å². The molecule has 130 valence electrons. The van der Waals surface area contributed by atoms with Crippen LogP contribution in [0.1, 0.15) is 20.8 Å². The highest BCUT2D eigenvalue weighted by molar-refractivity contribution is 6.34. The van der Waals surface area contributed by atoms with E-state index < -0.39 is 11.8 Å². The van der Waals surface area contributed by atoms with E-state index in [2.05, 4.69) is 10.3 Å². The van der Waals surface area contributed by atoms with Crippen LogP contribution >= 0.6 is 11.6 Å². The lowest BCUT2D eigenvalue weighted by Crippen LogP contribution is -2.20. The predicted octanol–water partition coefficient (Wildman–Crippen LogP) is 3.46. The van der Waals surface area contributed by atoms with E-state index >= 15 is 0 Å². The van der Waals surface area contributed by atoms with Crippen LogP contribution in [0.25, 0.3) is 22.0 Å². The monoisotopic (exact) mass is 368 g/mol. The molecular weight excluding hydrogens is 356 g/mol. The molecule has 6 nitrogen and oxygen atoms in total. The molecule has 0 bridgehead atoms. The number of benzene rings is 2. The maximum atomic E-state index is 12.3. The van der Waals surface area contributed by atoms with Crippen molar-refractivity contribution in [1.29, 1.82) is 0 Å². The molecule has 4 rings (SSSR count). The number of amides is 2. The van der Waals surface area contributed by atoms with Gasteiger partial charge in [-0.2, -0.15) is 0 Å². The molecule has 26 heavy (non-hydrogen) atoms. The van der Waals surface area contributed by atoms with E-state index in [4.69, 9.17) is 21.1 Å². The van der Waals surface area contributed by atoms with E-state index in [0.717, 1.165) is 0 Å². The average molecular weight is 369 g/mol. The molecule has 1 aliphatic heterocycles. The molecule has 0 radical (unpaired) electrons. The van der Waals surface area contributed by atoms with Crippen molar-refractivity contribution in [2.75, 3.05) is 14.2 Å². The maximum Gasteiger partial charge on any atom is 0.277 e. The summed E-state index contributed by atoms with van der Waals surface area (Å²) in [6.07, 6.45) is 0. The molecule has 0 fully saturated rings. The summed E-state index contributed by atoms with van der Waals surface area (Å²) in [5.41, 5.74) is 1.45. The molecule has 1 aliphatic rings. The van der Waals surface area contributed by atoms with Gasteiger partial charge in [0.25, 0.3) is 11.8 Å². The van der Waals surface area contributed by atoms with Gasteiger partial charge in [-0.25, -0.2) is 4.98 Å². The van der Waals surface area contributed by atoms with E-state index in [0.29, 0.717) is 38.6 Å². The first-order valence-electron chi connectivity index (χ1n) is 7.75. The number of hydrogen-bond donors (Lipinski definition) is 1. The van der Waals surface area contributed by atoms with Gasteiger partial charge in [-0.3, -0.25) is 14.9 Å². The van der Waals surface area contributed by atoms with Crippen LogP contribution in [0.3, 0.4) is 0 Å². The van der Waals surface area contributed by atoms with Gasteiger partial charge in [-0.05, 0) is 18.2 Å². The van der Waals surface area contributed by atoms with E-state index in [1.54, 1.807) is 24.3 Å². The van der Waals surface area contributed by atoms with Crippen molar-refractivity contribution in [2.24, 2.45) is 0 Å². The number of carbonyl (C=O) groups is 2. The van der Waals surface area contributed by atoms with Crippen LogP contribution in [0, 0.1) is 0 Å². The molecular formula is C19H13ClN2O4. The van der Waals surface area contributed by atoms with Crippen molar-refractivity contribution in [3.63, 3.8) is 0 Å². The van der Waals surface area contributed by atoms with Gasteiger partial charge in [0.05, 0.1) is 25.5 Å². The number of nitrogens with zero attached hydrogens (tertiary/aromatic N) is 1. The summed E-state index contributed by atoms with van der Waals surface area (Å²) in [5.74, 6) is -0.0825. The van der Waals surface area contributed by atoms with Crippen LogP contribution < -0.4 is 14.8 Å². The van der Waals surface area contributed by atoms with Gasteiger partial charge in [0, 0.05) is 21.4 Å². The molecule has 2 heterocycles. The van der Waals surface area contributed by atoms with E-state index in [9.17, 15) is 9.59 Å². The minimum absolute atomic E-state index is 0.0737. The Labute approximate surface area is 153 Å². The first-order valence-corrected chi connectivity index (χ1v) is 8.13. The number of carbonyl (C=O) groups excluding carboxylic acids is 2. The lowest BCUT2D eigenvalue weighted by Gasteiger charge is -2.14. The molecule has 0 atom stereocenters. The molecule has 1 aromatic heterocycles. The Hall–Kier alpha value is -3.12. The number of nitrogens with one attached hydrogen (secondary N) is 1. The van der Waals surface area contributed by atoms with Gasteiger partial charge >= 0.3 is 0 Å². The highest BCUT2D eigenvalue weighted by atomic mass is 35.5. The third-order valence-corrected chi connectivity index (χ3v) is 4.64. The second-order valence-electron chi connectivity index (χ2n) is 5.70. The normalized spacial score (nSPS) is 12.9. The molecule has 2 amide bonds. The molecule has 0 spiro atoms. The molecule has 1 N–H and O–H groups in total. The highest BCUT2D eigenvalue weighted by Crippen LogP contribution is 2.41. The first-order chi connectivity index (χ1) is 12.5. The number of ether oxygens (including phenoxy) is 2. The summed E-state index contributed by atoms with van der Waals surface area (Å²) in [6.45, 7) is 0. The number of halogens is 1. The Kier molecular flexibility index (Phi) is 3.77. The zero-order chi connectivity index (χ0) is 18.4. The molecule has 0 saturated heterocycles. The van der Waals surface area contributed by atoms with Crippen LogP contribution in [-0.2, 0) is 0 Å². The molecule has 3 aromatic rings. The second-order valence-corrected chi connectivity index (χ2v) is 6.11. The summed E-state index contributed by atoms with van der Waals surface area (Å²) in [4.78, 5) is 28.9. The minimum atomic E-state index is -0.532. The zero-order valence-electron chi connectivity index (χ0n) is 13.9.